The summed E-state index contributed by atoms with van der Waals surface area (Å²) in [6.45, 7) is 4.18. The molecule has 1 aliphatic rings. The van der Waals surface area contributed by atoms with Gasteiger partial charge in [-0.15, -0.1) is 0 Å². The van der Waals surface area contributed by atoms with Crippen LogP contribution in [0.5, 0.6) is 0 Å². The Balaban J connectivity index is 2.27. The van der Waals surface area contributed by atoms with E-state index >= 15 is 0 Å². The Labute approximate surface area is 98.3 Å². The lowest BCUT2D eigenvalue weighted by Gasteiger charge is -2.20. The van der Waals surface area contributed by atoms with E-state index in [1.807, 2.05) is 0 Å². The molecular weight excluding hydrogens is 204 g/mol. The van der Waals surface area contributed by atoms with Crippen LogP contribution >= 0.6 is 0 Å². The van der Waals surface area contributed by atoms with Crippen LogP contribution in [-0.4, -0.2) is 50.2 Å². The van der Waals surface area contributed by atoms with Gasteiger partial charge < -0.3 is 15.0 Å². The minimum Gasteiger partial charge on any atom is -0.468 e. The fraction of sp³-hybridized carbons (Fsp3) is 0.917. The Morgan fingerprint density at radius 1 is 1.50 bits per heavy atom. The van der Waals surface area contributed by atoms with Gasteiger partial charge >= 0.3 is 5.97 Å². The molecule has 1 atom stereocenters. The highest BCUT2D eigenvalue weighted by Crippen LogP contribution is 2.20. The zero-order valence-electron chi connectivity index (χ0n) is 10.7. The van der Waals surface area contributed by atoms with E-state index in [1.54, 1.807) is 0 Å². The largest absolute Gasteiger partial charge is 0.468 e. The summed E-state index contributed by atoms with van der Waals surface area (Å²) in [6, 6.07) is 0.414. The van der Waals surface area contributed by atoms with Crippen molar-refractivity contribution >= 4 is 5.97 Å². The zero-order chi connectivity index (χ0) is 12.0. The van der Waals surface area contributed by atoms with Gasteiger partial charge in [-0.05, 0) is 45.8 Å². The maximum Gasteiger partial charge on any atom is 0.322 e. The Bertz CT molecular complexity index is 217. The summed E-state index contributed by atoms with van der Waals surface area (Å²) in [7, 11) is 3.55. The van der Waals surface area contributed by atoms with Gasteiger partial charge in [0, 0.05) is 6.04 Å². The second kappa shape index (κ2) is 6.86. The van der Waals surface area contributed by atoms with Crippen molar-refractivity contribution in [3.8, 4) is 0 Å². The van der Waals surface area contributed by atoms with Crippen molar-refractivity contribution in [2.24, 2.45) is 0 Å². The summed E-state index contributed by atoms with van der Waals surface area (Å²) >= 11 is 0. The molecule has 0 heterocycles. The first-order valence-corrected chi connectivity index (χ1v) is 6.19. The molecule has 0 aromatic rings. The van der Waals surface area contributed by atoms with Crippen molar-refractivity contribution in [2.75, 3.05) is 27.2 Å². The van der Waals surface area contributed by atoms with Gasteiger partial charge in [-0.3, -0.25) is 4.79 Å². The highest BCUT2D eigenvalue weighted by atomic mass is 16.5. The molecule has 0 aromatic carbocycles. The molecule has 94 valence electrons. The molecule has 0 saturated heterocycles. The van der Waals surface area contributed by atoms with Crippen molar-refractivity contribution in [2.45, 2.75) is 44.7 Å². The number of carbonyl (C=O) groups excluding carboxylic acids is 1. The van der Waals surface area contributed by atoms with Gasteiger partial charge in [0.15, 0.2) is 0 Å². The topological polar surface area (TPSA) is 41.6 Å². The number of rotatable bonds is 8. The van der Waals surface area contributed by atoms with Crippen LogP contribution in [0.3, 0.4) is 0 Å². The first-order valence-electron chi connectivity index (χ1n) is 6.19. The molecule has 1 rings (SSSR count). The lowest BCUT2D eigenvalue weighted by atomic mass is 10.2. The van der Waals surface area contributed by atoms with E-state index in [9.17, 15) is 4.79 Å². The minimum absolute atomic E-state index is 0.128. The van der Waals surface area contributed by atoms with Crippen molar-refractivity contribution in [1.29, 1.82) is 0 Å². The van der Waals surface area contributed by atoms with Crippen LogP contribution in [0.4, 0.5) is 0 Å². The summed E-state index contributed by atoms with van der Waals surface area (Å²) in [4.78, 5) is 13.8. The maximum absolute atomic E-state index is 11.5. The van der Waals surface area contributed by atoms with Crippen LogP contribution in [-0.2, 0) is 9.53 Å². The molecule has 4 heteroatoms. The standard InChI is InChI=1S/C12H24N2O2/c1-4-8-14(2)9-7-11(12(15)16-3)13-10-5-6-10/h10-11,13H,4-9H2,1-3H3. The number of carbonyl (C=O) groups is 1. The molecule has 16 heavy (non-hydrogen) atoms. The van der Waals surface area contributed by atoms with E-state index in [0.717, 1.165) is 25.9 Å². The summed E-state index contributed by atoms with van der Waals surface area (Å²) in [5.41, 5.74) is 0. The first-order chi connectivity index (χ1) is 7.67. The van der Waals surface area contributed by atoms with Crippen molar-refractivity contribution in [3.63, 3.8) is 0 Å². The molecular formula is C12H24N2O2. The predicted octanol–water partition coefficient (Wildman–Crippen LogP) is 1.01. The molecule has 1 aliphatic carbocycles. The number of nitrogens with one attached hydrogen (secondary N) is 1. The Kier molecular flexibility index (Phi) is 5.77. The molecule has 0 spiro atoms. The van der Waals surface area contributed by atoms with E-state index in [4.69, 9.17) is 4.74 Å². The minimum atomic E-state index is -0.128. The number of nitrogens with zero attached hydrogens (tertiary/aromatic N) is 1. The van der Waals surface area contributed by atoms with Gasteiger partial charge in [0.1, 0.15) is 6.04 Å². The molecule has 1 fully saturated rings. The van der Waals surface area contributed by atoms with Crippen molar-refractivity contribution in [3.05, 3.63) is 0 Å². The summed E-state index contributed by atoms with van der Waals surface area (Å²) in [6.07, 6.45) is 4.37. The van der Waals surface area contributed by atoms with Crippen LogP contribution in [0.25, 0.3) is 0 Å². The van der Waals surface area contributed by atoms with Crippen LogP contribution in [0.1, 0.15) is 32.6 Å². The molecule has 0 bridgehead atoms. The third-order valence-corrected chi connectivity index (χ3v) is 2.90. The lowest BCUT2D eigenvalue weighted by Crippen LogP contribution is -2.41. The van der Waals surface area contributed by atoms with Gasteiger partial charge in [-0.25, -0.2) is 0 Å². The van der Waals surface area contributed by atoms with Crippen molar-refractivity contribution in [1.82, 2.24) is 10.2 Å². The van der Waals surface area contributed by atoms with E-state index in [0.29, 0.717) is 6.04 Å². The summed E-state index contributed by atoms with van der Waals surface area (Å²) in [5, 5.41) is 3.34. The SMILES string of the molecule is CCCN(C)CCC(NC1CC1)C(=O)OC. The Morgan fingerprint density at radius 3 is 2.69 bits per heavy atom. The fourth-order valence-electron chi connectivity index (χ4n) is 1.79. The number of esters is 1. The molecule has 1 saturated carbocycles. The highest BCUT2D eigenvalue weighted by Gasteiger charge is 2.28. The third-order valence-electron chi connectivity index (χ3n) is 2.90. The maximum atomic E-state index is 11.5. The Hall–Kier alpha value is -0.610. The van der Waals surface area contributed by atoms with Crippen molar-refractivity contribution < 1.29 is 9.53 Å². The van der Waals surface area contributed by atoms with Crippen LogP contribution in [0, 0.1) is 0 Å². The quantitative estimate of drug-likeness (QED) is 0.630. The molecule has 1 N–H and O–H groups in total. The van der Waals surface area contributed by atoms with Gasteiger partial charge in [0.05, 0.1) is 7.11 Å². The van der Waals surface area contributed by atoms with Crippen LogP contribution < -0.4 is 5.32 Å². The average Bonchev–Trinajstić information content (AvgIpc) is 3.07. The molecule has 0 aliphatic heterocycles. The zero-order valence-corrected chi connectivity index (χ0v) is 10.7. The second-order valence-corrected chi connectivity index (χ2v) is 4.61. The van der Waals surface area contributed by atoms with E-state index < -0.39 is 0 Å². The molecule has 1 unspecified atom stereocenters. The van der Waals surface area contributed by atoms with E-state index in [-0.39, 0.29) is 12.0 Å². The smallest absolute Gasteiger partial charge is 0.322 e. The molecule has 4 nitrogen and oxygen atoms in total. The summed E-state index contributed by atoms with van der Waals surface area (Å²) < 4.78 is 4.81. The summed E-state index contributed by atoms with van der Waals surface area (Å²) in [5.74, 6) is -0.128. The molecule has 0 aromatic heterocycles. The average molecular weight is 228 g/mol. The third kappa shape index (κ3) is 4.94. The highest BCUT2D eigenvalue weighted by molar-refractivity contribution is 5.75. The normalized spacial score (nSPS) is 17.5. The van der Waals surface area contributed by atoms with E-state index in [1.165, 1.54) is 20.0 Å². The number of methoxy groups -OCH3 is 1. The van der Waals surface area contributed by atoms with Gasteiger partial charge in [0.2, 0.25) is 0 Å². The monoisotopic (exact) mass is 228 g/mol. The fourth-order valence-corrected chi connectivity index (χ4v) is 1.79. The van der Waals surface area contributed by atoms with Crippen LogP contribution in [0.2, 0.25) is 0 Å². The van der Waals surface area contributed by atoms with Crippen LogP contribution in [0.15, 0.2) is 0 Å². The second-order valence-electron chi connectivity index (χ2n) is 4.61. The van der Waals surface area contributed by atoms with Gasteiger partial charge in [-0.1, -0.05) is 6.92 Å². The van der Waals surface area contributed by atoms with Gasteiger partial charge in [0.25, 0.3) is 0 Å². The Morgan fingerprint density at radius 2 is 2.19 bits per heavy atom. The first kappa shape index (κ1) is 13.5. The molecule has 0 amide bonds. The molecule has 0 radical (unpaired) electrons. The number of hydrogen-bond acceptors (Lipinski definition) is 4. The number of hydrogen-bond donors (Lipinski definition) is 1. The predicted molar refractivity (Wildman–Crippen MR) is 64.4 cm³/mol. The van der Waals surface area contributed by atoms with Gasteiger partial charge in [-0.2, -0.15) is 0 Å². The lowest BCUT2D eigenvalue weighted by molar-refractivity contribution is -0.143. The van der Waals surface area contributed by atoms with E-state index in [2.05, 4.69) is 24.2 Å². The number of ether oxygens (including phenoxy) is 1.